The molecule has 5 heteroatoms. The van der Waals surface area contributed by atoms with Crippen molar-refractivity contribution in [3.63, 3.8) is 0 Å². The Bertz CT molecular complexity index is 952. The van der Waals surface area contributed by atoms with Crippen LogP contribution in [-0.2, 0) is 0 Å². The molecule has 0 radical (unpaired) electrons. The molecule has 1 aliphatic heterocycles. The molecule has 3 rings (SSSR count). The lowest BCUT2D eigenvalue weighted by molar-refractivity contribution is 0.157. The summed E-state index contributed by atoms with van der Waals surface area (Å²) in [7, 11) is 0. The maximum absolute atomic E-state index is 9.16. The van der Waals surface area contributed by atoms with Gasteiger partial charge in [0.15, 0.2) is 0 Å². The summed E-state index contributed by atoms with van der Waals surface area (Å²) in [5.41, 5.74) is 2.20. The lowest BCUT2D eigenvalue weighted by atomic mass is 9.97. The second-order valence-electron chi connectivity index (χ2n) is 5.70. The smallest absolute Gasteiger partial charge is 0.207 e. The highest BCUT2D eigenvalue weighted by atomic mass is 16.5. The molecule has 0 fully saturated rings. The van der Waals surface area contributed by atoms with Crippen molar-refractivity contribution in [2.24, 2.45) is 4.99 Å². The van der Waals surface area contributed by atoms with E-state index in [0.29, 0.717) is 16.8 Å². The summed E-state index contributed by atoms with van der Waals surface area (Å²) in [5.74, 6) is 0.700. The fourth-order valence-electron chi connectivity index (χ4n) is 2.59. The molecule has 5 nitrogen and oxygen atoms in total. The van der Waals surface area contributed by atoms with Crippen molar-refractivity contribution in [1.29, 1.82) is 10.5 Å². The van der Waals surface area contributed by atoms with Crippen LogP contribution in [0.2, 0.25) is 0 Å². The minimum Gasteiger partial charge on any atom is -0.483 e. The van der Waals surface area contributed by atoms with Crippen molar-refractivity contribution in [1.82, 2.24) is 4.57 Å². The summed E-state index contributed by atoms with van der Waals surface area (Å²) < 4.78 is 7.80. The van der Waals surface area contributed by atoms with Crippen LogP contribution in [0.25, 0.3) is 5.70 Å². The Morgan fingerprint density at radius 3 is 2.74 bits per heavy atom. The van der Waals surface area contributed by atoms with Crippen molar-refractivity contribution in [2.75, 3.05) is 0 Å². The first kappa shape index (κ1) is 14.6. The molecule has 2 heterocycles. The molecular formula is C18H14N4O. The van der Waals surface area contributed by atoms with E-state index in [1.165, 1.54) is 0 Å². The molecule has 23 heavy (non-hydrogen) atoms. The predicted octanol–water partition coefficient (Wildman–Crippen LogP) is 2.80. The second-order valence-corrected chi connectivity index (χ2v) is 5.70. The molecule has 0 bridgehead atoms. The zero-order valence-electron chi connectivity index (χ0n) is 12.8. The average molecular weight is 302 g/mol. The molecule has 112 valence electrons. The van der Waals surface area contributed by atoms with E-state index in [4.69, 9.17) is 15.3 Å². The van der Waals surface area contributed by atoms with Gasteiger partial charge in [0.05, 0.1) is 17.3 Å². The number of benzene rings is 1. The van der Waals surface area contributed by atoms with Crippen LogP contribution in [0, 0.1) is 22.8 Å². The monoisotopic (exact) mass is 302 g/mol. The van der Waals surface area contributed by atoms with E-state index in [1.807, 2.05) is 49.0 Å². The molecule has 0 N–H and O–H groups in total. The number of aromatic nitrogens is 1. The van der Waals surface area contributed by atoms with Gasteiger partial charge >= 0.3 is 0 Å². The highest BCUT2D eigenvalue weighted by Gasteiger charge is 2.27. The van der Waals surface area contributed by atoms with Gasteiger partial charge in [0, 0.05) is 11.8 Å². The van der Waals surface area contributed by atoms with E-state index in [9.17, 15) is 0 Å². The van der Waals surface area contributed by atoms with Gasteiger partial charge in [0.25, 0.3) is 0 Å². The largest absolute Gasteiger partial charge is 0.483 e. The maximum atomic E-state index is 9.16. The summed E-state index contributed by atoms with van der Waals surface area (Å²) in [5, 5.41) is 18.1. The molecule has 1 aromatic carbocycles. The van der Waals surface area contributed by atoms with Crippen molar-refractivity contribution in [3.8, 4) is 18.0 Å². The molecular weight excluding hydrogens is 288 g/mol. The van der Waals surface area contributed by atoms with E-state index in [2.05, 4.69) is 11.1 Å². The first-order valence-corrected chi connectivity index (χ1v) is 7.11. The van der Waals surface area contributed by atoms with Crippen molar-refractivity contribution >= 4 is 5.70 Å². The van der Waals surface area contributed by atoms with Gasteiger partial charge in [-0.25, -0.2) is 0 Å². The van der Waals surface area contributed by atoms with Crippen LogP contribution in [0.1, 0.15) is 25.0 Å². The quantitative estimate of drug-likeness (QED) is 0.760. The Labute approximate surface area is 134 Å². The number of hydrogen-bond acceptors (Lipinski definition) is 4. The third kappa shape index (κ3) is 2.73. The van der Waals surface area contributed by atoms with E-state index >= 15 is 0 Å². The van der Waals surface area contributed by atoms with E-state index in [-0.39, 0.29) is 0 Å². The fourth-order valence-corrected chi connectivity index (χ4v) is 2.59. The van der Waals surface area contributed by atoms with Crippen molar-refractivity contribution < 1.29 is 4.74 Å². The summed E-state index contributed by atoms with van der Waals surface area (Å²) in [6, 6.07) is 12.9. The van der Waals surface area contributed by atoms with Crippen LogP contribution in [0.4, 0.5) is 0 Å². The third-order valence-corrected chi connectivity index (χ3v) is 3.50. The van der Waals surface area contributed by atoms with Gasteiger partial charge in [-0.3, -0.25) is 0 Å². The molecule has 0 aliphatic carbocycles. The number of ether oxygens (including phenoxy) is 1. The lowest BCUT2D eigenvalue weighted by Gasteiger charge is -2.31. The van der Waals surface area contributed by atoms with Crippen LogP contribution in [0.5, 0.6) is 5.75 Å². The second kappa shape index (κ2) is 5.47. The van der Waals surface area contributed by atoms with E-state index < -0.39 is 5.60 Å². The van der Waals surface area contributed by atoms with Gasteiger partial charge in [0.2, 0.25) is 6.19 Å². The van der Waals surface area contributed by atoms with Gasteiger partial charge < -0.3 is 9.30 Å². The SMILES string of the molecule is CC1(C)C=C(n2ccccc2=NC#N)c2cc(C#N)ccc2O1. The number of pyridine rings is 1. The number of rotatable bonds is 1. The molecule has 1 aromatic heterocycles. The van der Waals surface area contributed by atoms with Crippen LogP contribution in [0.3, 0.4) is 0 Å². The lowest BCUT2D eigenvalue weighted by Crippen LogP contribution is -2.32. The molecule has 0 amide bonds. The minimum atomic E-state index is -0.511. The third-order valence-electron chi connectivity index (χ3n) is 3.50. The average Bonchev–Trinajstić information content (AvgIpc) is 2.54. The number of hydrogen-bond donors (Lipinski definition) is 0. The fraction of sp³-hybridized carbons (Fsp3) is 0.167. The van der Waals surface area contributed by atoms with Gasteiger partial charge in [-0.15, -0.1) is 0 Å². The van der Waals surface area contributed by atoms with Crippen LogP contribution < -0.4 is 10.2 Å². The van der Waals surface area contributed by atoms with Crippen LogP contribution in [0.15, 0.2) is 53.7 Å². The number of nitrogens with zero attached hydrogens (tertiary/aromatic N) is 4. The molecule has 0 unspecified atom stereocenters. The summed E-state index contributed by atoms with van der Waals surface area (Å²) >= 11 is 0. The Morgan fingerprint density at radius 2 is 2.00 bits per heavy atom. The Hall–Kier alpha value is -3.31. The number of fused-ring (bicyclic) bond motifs is 1. The zero-order chi connectivity index (χ0) is 16.4. The minimum absolute atomic E-state index is 0.511. The molecule has 0 spiro atoms. The highest BCUT2D eigenvalue weighted by molar-refractivity contribution is 5.74. The Balaban J connectivity index is 2.31. The molecule has 0 saturated heterocycles. The van der Waals surface area contributed by atoms with Gasteiger partial charge in [-0.1, -0.05) is 6.07 Å². The molecule has 1 aliphatic rings. The summed E-state index contributed by atoms with van der Waals surface area (Å²) in [6.07, 6.45) is 5.63. The Morgan fingerprint density at radius 1 is 1.17 bits per heavy atom. The Kier molecular flexibility index (Phi) is 3.48. The van der Waals surface area contributed by atoms with Gasteiger partial charge in [0.1, 0.15) is 16.8 Å². The van der Waals surface area contributed by atoms with Gasteiger partial charge in [-0.2, -0.15) is 15.5 Å². The molecule has 0 saturated carbocycles. The van der Waals surface area contributed by atoms with Crippen molar-refractivity contribution in [2.45, 2.75) is 19.4 Å². The highest BCUT2D eigenvalue weighted by Crippen LogP contribution is 2.36. The van der Waals surface area contributed by atoms with Crippen LogP contribution in [-0.4, -0.2) is 10.2 Å². The topological polar surface area (TPSA) is 74.1 Å². The van der Waals surface area contributed by atoms with Crippen molar-refractivity contribution in [3.05, 3.63) is 65.3 Å². The van der Waals surface area contributed by atoms with E-state index in [0.717, 1.165) is 11.3 Å². The van der Waals surface area contributed by atoms with Gasteiger partial charge in [-0.05, 0) is 50.3 Å². The standard InChI is InChI=1S/C18H14N4O/c1-18(2)10-15(22-8-4-3-5-17(22)21-12-20)14-9-13(11-19)6-7-16(14)23-18/h3-10H,1-2H3. The first-order valence-electron chi connectivity index (χ1n) is 7.11. The summed E-state index contributed by atoms with van der Waals surface area (Å²) in [4.78, 5) is 3.87. The van der Waals surface area contributed by atoms with Crippen LogP contribution >= 0.6 is 0 Å². The first-order chi connectivity index (χ1) is 11.0. The predicted molar refractivity (Wildman–Crippen MR) is 84.8 cm³/mol. The van der Waals surface area contributed by atoms with E-state index in [1.54, 1.807) is 24.3 Å². The number of nitriles is 2. The maximum Gasteiger partial charge on any atom is 0.207 e. The zero-order valence-corrected chi connectivity index (χ0v) is 12.8. The molecule has 0 atom stereocenters. The molecule has 2 aromatic rings. The summed E-state index contributed by atoms with van der Waals surface area (Å²) in [6.45, 7) is 3.91. The normalized spacial score (nSPS) is 15.7.